The number of halogens is 3. The van der Waals surface area contributed by atoms with Crippen LogP contribution in [0.2, 0.25) is 0 Å². The average molecular weight is 475 g/mol. The zero-order valence-corrected chi connectivity index (χ0v) is 16.2. The molecule has 1 aliphatic rings. The Morgan fingerprint density at radius 3 is 2.77 bits per heavy atom. The minimum absolute atomic E-state index is 0. The van der Waals surface area contributed by atoms with E-state index in [-0.39, 0.29) is 48.3 Å². The van der Waals surface area contributed by atoms with E-state index in [1.165, 1.54) is 6.07 Å². The van der Waals surface area contributed by atoms with Crippen molar-refractivity contribution in [1.82, 2.24) is 5.32 Å². The van der Waals surface area contributed by atoms with Gasteiger partial charge in [-0.3, -0.25) is 0 Å². The molecule has 2 aromatic carbocycles. The van der Waals surface area contributed by atoms with Crippen molar-refractivity contribution >= 4 is 29.9 Å². The van der Waals surface area contributed by atoms with Gasteiger partial charge in [0.25, 0.3) is 0 Å². The van der Waals surface area contributed by atoms with Gasteiger partial charge in [0.1, 0.15) is 11.5 Å². The number of nitrogens with two attached hydrogens (primary N) is 1. The van der Waals surface area contributed by atoms with E-state index in [0.29, 0.717) is 12.2 Å². The number of fused-ring (bicyclic) bond motifs is 1. The van der Waals surface area contributed by atoms with Crippen LogP contribution in [-0.4, -0.2) is 19.2 Å². The molecule has 1 unspecified atom stereocenters. The molecule has 1 atom stereocenters. The Hall–Kier alpha value is -2.10. The van der Waals surface area contributed by atoms with Crippen molar-refractivity contribution in [3.05, 3.63) is 59.7 Å². The summed E-state index contributed by atoms with van der Waals surface area (Å²) in [6.45, 7) is -2.14. The maximum atomic E-state index is 12.4. The second kappa shape index (κ2) is 9.56. The van der Waals surface area contributed by atoms with Crippen molar-refractivity contribution in [3.63, 3.8) is 0 Å². The molecule has 0 saturated heterocycles. The van der Waals surface area contributed by atoms with E-state index in [0.717, 1.165) is 17.7 Å². The van der Waals surface area contributed by atoms with Gasteiger partial charge in [0, 0.05) is 17.5 Å². The second-order valence-corrected chi connectivity index (χ2v) is 5.56. The lowest BCUT2D eigenvalue weighted by Crippen LogP contribution is -2.37. The summed E-state index contributed by atoms with van der Waals surface area (Å²) in [7, 11) is 0. The number of aliphatic imine (C=N–C) groups is 1. The van der Waals surface area contributed by atoms with Crippen molar-refractivity contribution in [2.45, 2.75) is 25.6 Å². The van der Waals surface area contributed by atoms with Gasteiger partial charge in [0.15, 0.2) is 5.96 Å². The topological polar surface area (TPSA) is 68.9 Å². The van der Waals surface area contributed by atoms with E-state index in [4.69, 9.17) is 10.5 Å². The molecule has 3 N–H and O–H groups in total. The quantitative estimate of drug-likeness (QED) is 0.392. The number of nitrogens with one attached hydrogen (secondary N) is 1. The monoisotopic (exact) mass is 475 g/mol. The molecule has 0 fully saturated rings. The molecule has 2 aromatic rings. The molecule has 1 heterocycles. The zero-order valence-electron chi connectivity index (χ0n) is 13.9. The zero-order chi connectivity index (χ0) is 17.6. The highest BCUT2D eigenvalue weighted by Gasteiger charge is 2.21. The summed E-state index contributed by atoms with van der Waals surface area (Å²) in [5.41, 5.74) is 7.53. The van der Waals surface area contributed by atoms with E-state index >= 15 is 0 Å². The molecule has 0 bridgehead atoms. The molecule has 140 valence electrons. The first-order valence-electron chi connectivity index (χ1n) is 7.94. The van der Waals surface area contributed by atoms with Gasteiger partial charge >= 0.3 is 6.61 Å². The molecule has 26 heavy (non-hydrogen) atoms. The number of rotatable bonds is 5. The van der Waals surface area contributed by atoms with Crippen LogP contribution < -0.4 is 20.5 Å². The van der Waals surface area contributed by atoms with E-state index in [9.17, 15) is 8.78 Å². The van der Waals surface area contributed by atoms with Crippen LogP contribution >= 0.6 is 24.0 Å². The lowest BCUT2D eigenvalue weighted by Gasteiger charge is -2.26. The standard InChI is InChI=1S/C18H19F2N3O2.HI/c19-17(20)25-15-7-3-1-5-12(15)11-22-18(21)23-14-9-10-24-16-8-4-2-6-13(14)16;/h1-8,14,17H,9-11H2,(H3,21,22,23);1H. The van der Waals surface area contributed by atoms with Crippen molar-refractivity contribution in [2.24, 2.45) is 10.7 Å². The van der Waals surface area contributed by atoms with Crippen molar-refractivity contribution in [3.8, 4) is 11.5 Å². The van der Waals surface area contributed by atoms with Crippen LogP contribution in [0.15, 0.2) is 53.5 Å². The molecule has 5 nitrogen and oxygen atoms in total. The van der Waals surface area contributed by atoms with Gasteiger partial charge in [-0.15, -0.1) is 24.0 Å². The Kier molecular flexibility index (Phi) is 7.43. The highest BCUT2D eigenvalue weighted by atomic mass is 127. The minimum atomic E-state index is -2.88. The average Bonchev–Trinajstić information content (AvgIpc) is 2.61. The Morgan fingerprint density at radius 1 is 1.23 bits per heavy atom. The van der Waals surface area contributed by atoms with E-state index in [1.807, 2.05) is 24.3 Å². The predicted octanol–water partition coefficient (Wildman–Crippen LogP) is 3.83. The van der Waals surface area contributed by atoms with Crippen LogP contribution in [0.25, 0.3) is 0 Å². The van der Waals surface area contributed by atoms with Crippen LogP contribution in [0.1, 0.15) is 23.6 Å². The first-order valence-corrected chi connectivity index (χ1v) is 7.94. The number of nitrogens with zero attached hydrogens (tertiary/aromatic N) is 1. The molecule has 0 amide bonds. The number of ether oxygens (including phenoxy) is 2. The Balaban J connectivity index is 0.00000243. The number of para-hydroxylation sites is 2. The molecule has 3 rings (SSSR count). The van der Waals surface area contributed by atoms with Gasteiger partial charge in [0.05, 0.1) is 19.2 Å². The third-order valence-electron chi connectivity index (χ3n) is 3.89. The van der Waals surface area contributed by atoms with Crippen molar-refractivity contribution in [2.75, 3.05) is 6.61 Å². The summed E-state index contributed by atoms with van der Waals surface area (Å²) in [5, 5.41) is 3.16. The fourth-order valence-electron chi connectivity index (χ4n) is 2.73. The Labute approximate surface area is 167 Å². The third kappa shape index (κ3) is 5.20. The van der Waals surface area contributed by atoms with E-state index in [1.54, 1.807) is 18.2 Å². The van der Waals surface area contributed by atoms with E-state index < -0.39 is 6.61 Å². The van der Waals surface area contributed by atoms with Crippen molar-refractivity contribution in [1.29, 1.82) is 0 Å². The van der Waals surface area contributed by atoms with Crippen LogP contribution in [0.5, 0.6) is 11.5 Å². The van der Waals surface area contributed by atoms with E-state index in [2.05, 4.69) is 15.0 Å². The summed E-state index contributed by atoms with van der Waals surface area (Å²) < 4.78 is 35.0. The first-order chi connectivity index (χ1) is 12.1. The summed E-state index contributed by atoms with van der Waals surface area (Å²) in [4.78, 5) is 4.25. The van der Waals surface area contributed by atoms with Gasteiger partial charge in [-0.05, 0) is 12.1 Å². The summed E-state index contributed by atoms with van der Waals surface area (Å²) in [6, 6.07) is 14.3. The maximum absolute atomic E-state index is 12.4. The lowest BCUT2D eigenvalue weighted by molar-refractivity contribution is -0.0504. The van der Waals surface area contributed by atoms with Crippen molar-refractivity contribution < 1.29 is 18.3 Å². The SMILES string of the molecule is I.NC(=NCc1ccccc1OC(F)F)NC1CCOc2ccccc21. The first kappa shape index (κ1) is 20.2. The molecular formula is C18H20F2IN3O2. The molecule has 8 heteroatoms. The highest BCUT2D eigenvalue weighted by Crippen LogP contribution is 2.31. The van der Waals surface area contributed by atoms with Crippen LogP contribution in [-0.2, 0) is 6.54 Å². The molecule has 0 spiro atoms. The number of hydrogen-bond acceptors (Lipinski definition) is 3. The molecule has 0 radical (unpaired) electrons. The molecule has 1 aliphatic heterocycles. The molecule has 0 saturated carbocycles. The van der Waals surface area contributed by atoms with Crippen LogP contribution in [0, 0.1) is 0 Å². The van der Waals surface area contributed by atoms with Gasteiger partial charge in [-0.2, -0.15) is 8.78 Å². The maximum Gasteiger partial charge on any atom is 0.387 e. The summed E-state index contributed by atoms with van der Waals surface area (Å²) in [5.74, 6) is 1.17. The molecule has 0 aliphatic carbocycles. The number of alkyl halides is 2. The third-order valence-corrected chi connectivity index (χ3v) is 3.89. The lowest BCUT2D eigenvalue weighted by atomic mass is 10.0. The number of benzene rings is 2. The van der Waals surface area contributed by atoms with Gasteiger partial charge in [0.2, 0.25) is 0 Å². The number of hydrogen-bond donors (Lipinski definition) is 2. The Morgan fingerprint density at radius 2 is 1.96 bits per heavy atom. The smallest absolute Gasteiger partial charge is 0.387 e. The van der Waals surface area contributed by atoms with Crippen LogP contribution in [0.4, 0.5) is 8.78 Å². The summed E-state index contributed by atoms with van der Waals surface area (Å²) >= 11 is 0. The molecular weight excluding hydrogens is 455 g/mol. The normalized spacial score (nSPS) is 16.3. The summed E-state index contributed by atoms with van der Waals surface area (Å²) in [6.07, 6.45) is 0.762. The van der Waals surface area contributed by atoms with Gasteiger partial charge in [-0.25, -0.2) is 4.99 Å². The fraction of sp³-hybridized carbons (Fsp3) is 0.278. The Bertz CT molecular complexity index is 759. The second-order valence-electron chi connectivity index (χ2n) is 5.56. The molecule has 0 aromatic heterocycles. The van der Waals surface area contributed by atoms with Gasteiger partial charge in [-0.1, -0.05) is 36.4 Å². The predicted molar refractivity (Wildman–Crippen MR) is 106 cm³/mol. The fourth-order valence-corrected chi connectivity index (χ4v) is 2.73. The van der Waals surface area contributed by atoms with Crippen LogP contribution in [0.3, 0.4) is 0 Å². The largest absolute Gasteiger partial charge is 0.493 e. The minimum Gasteiger partial charge on any atom is -0.493 e. The van der Waals surface area contributed by atoms with Gasteiger partial charge < -0.3 is 20.5 Å². The number of guanidine groups is 1. The highest BCUT2D eigenvalue weighted by molar-refractivity contribution is 14.0.